The van der Waals surface area contributed by atoms with E-state index in [2.05, 4.69) is 15.9 Å². The highest BCUT2D eigenvalue weighted by Gasteiger charge is 2.47. The van der Waals surface area contributed by atoms with Crippen LogP contribution in [0.4, 0.5) is 4.39 Å². The normalized spacial score (nSPS) is 22.7. The van der Waals surface area contributed by atoms with Crippen LogP contribution in [0, 0.1) is 34.9 Å². The van der Waals surface area contributed by atoms with E-state index in [0.29, 0.717) is 16.9 Å². The first-order valence-corrected chi connectivity index (χ1v) is 8.68. The highest BCUT2D eigenvalue weighted by Crippen LogP contribution is 2.44. The molecule has 1 aromatic heterocycles. The average molecular weight is 379 g/mol. The number of carbonyl (C=O) groups excluding carboxylic acids is 1. The summed E-state index contributed by atoms with van der Waals surface area (Å²) in [4.78, 5) is 20.6. The number of Topliss-reactive ketones (excluding diaryl/α,β-unsaturated/α-hetero) is 1. The molecule has 0 saturated carbocycles. The number of rotatable bonds is 3. The van der Waals surface area contributed by atoms with Crippen LogP contribution >= 0.6 is 0 Å². The van der Waals surface area contributed by atoms with Gasteiger partial charge in [0, 0.05) is 29.3 Å². The number of allylic oxidation sites excluding steroid dienone is 3. The zero-order valence-electron chi connectivity index (χ0n) is 16.6. The van der Waals surface area contributed by atoms with Crippen LogP contribution in [0.5, 0.6) is 0 Å². The van der Waals surface area contributed by atoms with Gasteiger partial charge in [0.25, 0.3) is 0 Å². The number of ketones is 1. The lowest BCUT2D eigenvalue weighted by atomic mass is 9.68. The zero-order chi connectivity index (χ0) is 21.3. The summed E-state index contributed by atoms with van der Waals surface area (Å²) >= 11 is 0. The van der Waals surface area contributed by atoms with E-state index in [9.17, 15) is 19.6 Å². The fourth-order valence-corrected chi connectivity index (χ4v) is 3.42. The molecule has 0 aliphatic heterocycles. The van der Waals surface area contributed by atoms with Crippen LogP contribution in [0.1, 0.15) is 45.4 Å². The third-order valence-corrected chi connectivity index (χ3v) is 5.01. The van der Waals surface area contributed by atoms with Crippen molar-refractivity contribution < 1.29 is 14.3 Å². The summed E-state index contributed by atoms with van der Waals surface area (Å²) in [6, 6.07) is 3.04. The Morgan fingerprint density at radius 1 is 1.43 bits per heavy atom. The Balaban J connectivity index is 2.86. The Morgan fingerprint density at radius 3 is 2.61 bits per heavy atom. The summed E-state index contributed by atoms with van der Waals surface area (Å²) in [6.07, 6.45) is 7.85. The van der Waals surface area contributed by atoms with Gasteiger partial charge in [0.15, 0.2) is 5.78 Å². The fraction of sp³-hybridized carbons (Fsp3) is 0.364. The van der Waals surface area contributed by atoms with Crippen LogP contribution in [0.15, 0.2) is 34.5 Å². The summed E-state index contributed by atoms with van der Waals surface area (Å²) in [5, 5.41) is 20.8. The summed E-state index contributed by atoms with van der Waals surface area (Å²) < 4.78 is 14.1. The van der Waals surface area contributed by atoms with Crippen molar-refractivity contribution in [1.29, 1.82) is 5.26 Å². The molecule has 0 fully saturated rings. The van der Waals surface area contributed by atoms with Crippen molar-refractivity contribution in [2.45, 2.75) is 39.7 Å². The second-order valence-electron chi connectivity index (χ2n) is 7.49. The van der Waals surface area contributed by atoms with E-state index in [0.717, 1.165) is 6.20 Å². The Morgan fingerprint density at radius 2 is 2.07 bits per heavy atom. The zero-order valence-corrected chi connectivity index (χ0v) is 16.6. The minimum Gasteiger partial charge on any atom is -0.379 e. The standard InChI is InChI=1S/C22H22FN3O2/c1-7-17(13(2)14(3)25-6)18-8-16(23)11-26-19(18)22(28)9-15(10-24)20(27)21(4,5)12-22/h1,8-9,11,28H,12H2,2-6H3/b17-13+,25-14?. The maximum absolute atomic E-state index is 14.1. The van der Waals surface area contributed by atoms with Crippen molar-refractivity contribution in [1.82, 2.24) is 4.98 Å². The molecule has 28 heavy (non-hydrogen) atoms. The van der Waals surface area contributed by atoms with E-state index in [1.54, 1.807) is 34.7 Å². The van der Waals surface area contributed by atoms with Crippen molar-refractivity contribution in [3.63, 3.8) is 0 Å². The third kappa shape index (κ3) is 3.65. The topological polar surface area (TPSA) is 86.3 Å². The summed E-state index contributed by atoms with van der Waals surface area (Å²) in [7, 11) is 1.61. The van der Waals surface area contributed by atoms with E-state index in [4.69, 9.17) is 6.42 Å². The molecule has 1 atom stereocenters. The van der Waals surface area contributed by atoms with Crippen molar-refractivity contribution in [2.24, 2.45) is 10.4 Å². The van der Waals surface area contributed by atoms with E-state index in [-0.39, 0.29) is 29.0 Å². The van der Waals surface area contributed by atoms with E-state index >= 15 is 0 Å². The fourth-order valence-electron chi connectivity index (χ4n) is 3.42. The molecule has 1 aromatic rings. The third-order valence-electron chi connectivity index (χ3n) is 5.01. The van der Waals surface area contributed by atoms with Gasteiger partial charge in [-0.05, 0) is 38.0 Å². The smallest absolute Gasteiger partial charge is 0.178 e. The van der Waals surface area contributed by atoms with Gasteiger partial charge in [-0.1, -0.05) is 19.8 Å². The second kappa shape index (κ2) is 7.50. The number of carbonyl (C=O) groups is 1. The average Bonchev–Trinajstić information content (AvgIpc) is 2.64. The first kappa shape index (κ1) is 21.2. The molecular weight excluding hydrogens is 357 g/mol. The van der Waals surface area contributed by atoms with Crippen molar-refractivity contribution in [3.8, 4) is 18.4 Å². The molecule has 0 saturated heterocycles. The van der Waals surface area contributed by atoms with Crippen LogP contribution < -0.4 is 0 Å². The van der Waals surface area contributed by atoms with Crippen molar-refractivity contribution in [2.75, 3.05) is 7.05 Å². The van der Waals surface area contributed by atoms with Gasteiger partial charge in [-0.2, -0.15) is 5.26 Å². The summed E-state index contributed by atoms with van der Waals surface area (Å²) in [5.74, 6) is 1.56. The highest BCUT2D eigenvalue weighted by atomic mass is 19.1. The first-order valence-electron chi connectivity index (χ1n) is 8.68. The predicted molar refractivity (Wildman–Crippen MR) is 106 cm³/mol. The molecule has 144 valence electrons. The minimum atomic E-state index is -1.76. The van der Waals surface area contributed by atoms with Gasteiger partial charge >= 0.3 is 0 Å². The Bertz CT molecular complexity index is 1020. The molecule has 6 heteroatoms. The molecule has 1 aliphatic rings. The second-order valence-corrected chi connectivity index (χ2v) is 7.49. The predicted octanol–water partition coefficient (Wildman–Crippen LogP) is 3.35. The van der Waals surface area contributed by atoms with Crippen LogP contribution in [0.3, 0.4) is 0 Å². The summed E-state index contributed by atoms with van der Waals surface area (Å²) in [5.41, 5.74) is -0.976. The quantitative estimate of drug-likeness (QED) is 0.644. The molecule has 5 nitrogen and oxygen atoms in total. The molecule has 1 unspecified atom stereocenters. The Kier molecular flexibility index (Phi) is 5.68. The highest BCUT2D eigenvalue weighted by molar-refractivity contribution is 6.07. The van der Waals surface area contributed by atoms with Crippen LogP contribution in [-0.4, -0.2) is 28.6 Å². The summed E-state index contributed by atoms with van der Waals surface area (Å²) in [6.45, 7) is 6.81. The number of aliphatic hydroxyl groups is 1. The van der Waals surface area contributed by atoms with Crippen molar-refractivity contribution in [3.05, 3.63) is 46.6 Å². The van der Waals surface area contributed by atoms with Gasteiger partial charge < -0.3 is 5.11 Å². The number of nitriles is 1. The lowest BCUT2D eigenvalue weighted by molar-refractivity contribution is -0.127. The van der Waals surface area contributed by atoms with Crippen LogP contribution in [0.2, 0.25) is 0 Å². The lowest BCUT2D eigenvalue weighted by Crippen LogP contribution is -2.42. The number of pyridine rings is 1. The number of aliphatic imine (C=N–C) groups is 1. The Hall–Kier alpha value is -3.09. The SMILES string of the molecule is C#C/C(=C(/C)C(C)=NC)c1cc(F)cnc1C1(O)C=C(C#N)C(=O)C(C)(C)C1. The van der Waals surface area contributed by atoms with Gasteiger partial charge in [0.1, 0.15) is 17.5 Å². The Labute approximate surface area is 164 Å². The molecule has 2 rings (SSSR count). The molecule has 0 bridgehead atoms. The first-order chi connectivity index (χ1) is 13.0. The van der Waals surface area contributed by atoms with Crippen LogP contribution in [0.25, 0.3) is 5.57 Å². The van der Waals surface area contributed by atoms with Crippen molar-refractivity contribution >= 4 is 17.1 Å². The molecule has 0 amide bonds. The number of aromatic nitrogens is 1. The van der Waals surface area contributed by atoms with E-state index in [1.165, 1.54) is 12.1 Å². The molecule has 1 aliphatic carbocycles. The maximum Gasteiger partial charge on any atom is 0.178 e. The minimum absolute atomic E-state index is 0.0204. The van der Waals surface area contributed by atoms with Gasteiger partial charge in [0.2, 0.25) is 0 Å². The van der Waals surface area contributed by atoms with Gasteiger partial charge in [-0.25, -0.2) is 4.39 Å². The van der Waals surface area contributed by atoms with E-state index < -0.39 is 16.8 Å². The number of hydrogen-bond donors (Lipinski definition) is 1. The lowest BCUT2D eigenvalue weighted by Gasteiger charge is -2.38. The molecule has 0 aromatic carbocycles. The monoisotopic (exact) mass is 379 g/mol. The van der Waals surface area contributed by atoms with Gasteiger partial charge in [-0.3, -0.25) is 14.8 Å². The molecule has 1 N–H and O–H groups in total. The number of halogens is 1. The maximum atomic E-state index is 14.1. The molecule has 1 heterocycles. The van der Waals surface area contributed by atoms with Gasteiger partial charge in [-0.15, -0.1) is 6.42 Å². The van der Waals surface area contributed by atoms with Crippen LogP contribution in [-0.2, 0) is 10.4 Å². The molecule has 0 spiro atoms. The van der Waals surface area contributed by atoms with E-state index in [1.807, 2.05) is 6.07 Å². The molecule has 0 radical (unpaired) electrons. The van der Waals surface area contributed by atoms with Gasteiger partial charge in [0.05, 0.1) is 17.5 Å². The number of hydrogen-bond acceptors (Lipinski definition) is 5. The molecular formula is C22H22FN3O2. The number of nitrogens with zero attached hydrogens (tertiary/aromatic N) is 3. The number of terminal acetylenes is 1. The largest absolute Gasteiger partial charge is 0.379 e.